The molecule has 3 heteroatoms. The first-order valence-electron chi connectivity index (χ1n) is 5.86. The zero-order valence-electron chi connectivity index (χ0n) is 10.4. The maximum Gasteiger partial charge on any atom is 0.154 e. The van der Waals surface area contributed by atoms with Gasteiger partial charge in [0.1, 0.15) is 18.1 Å². The predicted octanol–water partition coefficient (Wildman–Crippen LogP) is 3.43. The first kappa shape index (κ1) is 12.9. The molecule has 0 saturated heterocycles. The van der Waals surface area contributed by atoms with E-state index >= 15 is 0 Å². The fourth-order valence-electron chi connectivity index (χ4n) is 1.75. The number of hydrogen-bond acceptors (Lipinski definition) is 3. The largest absolute Gasteiger partial charge is 0.507 e. The molecule has 0 unspecified atom stereocenters. The number of aldehydes is 1. The van der Waals surface area contributed by atoms with Crippen molar-refractivity contribution in [1.82, 2.24) is 0 Å². The van der Waals surface area contributed by atoms with Gasteiger partial charge in [-0.1, -0.05) is 43.0 Å². The number of carbonyl (C=O) groups excluding carboxylic acids is 1. The van der Waals surface area contributed by atoms with Crippen molar-refractivity contribution in [2.24, 2.45) is 0 Å². The second kappa shape index (κ2) is 5.87. The molecular formula is C16H14O3. The van der Waals surface area contributed by atoms with Crippen LogP contribution in [0.1, 0.15) is 21.5 Å². The first-order valence-corrected chi connectivity index (χ1v) is 5.86. The minimum atomic E-state index is -0.101. The van der Waals surface area contributed by atoms with Crippen LogP contribution in [-0.2, 0) is 6.61 Å². The van der Waals surface area contributed by atoms with Crippen LogP contribution in [-0.4, -0.2) is 11.4 Å². The van der Waals surface area contributed by atoms with Crippen LogP contribution in [0.4, 0.5) is 0 Å². The van der Waals surface area contributed by atoms with Crippen molar-refractivity contribution in [2.45, 2.75) is 6.61 Å². The molecule has 0 saturated carbocycles. The molecule has 0 heterocycles. The molecule has 0 bridgehead atoms. The molecule has 2 aromatic rings. The highest BCUT2D eigenvalue weighted by Crippen LogP contribution is 2.27. The lowest BCUT2D eigenvalue weighted by Crippen LogP contribution is -1.97. The van der Waals surface area contributed by atoms with Gasteiger partial charge in [0.25, 0.3) is 0 Å². The summed E-state index contributed by atoms with van der Waals surface area (Å²) < 4.78 is 5.59. The highest BCUT2D eigenvalue weighted by molar-refractivity contribution is 5.86. The lowest BCUT2D eigenvalue weighted by Gasteiger charge is -2.09. The number of phenols is 1. The van der Waals surface area contributed by atoms with Crippen molar-refractivity contribution >= 4 is 12.4 Å². The Bertz CT molecular complexity index is 588. The van der Waals surface area contributed by atoms with E-state index in [1.807, 2.05) is 30.3 Å². The maximum absolute atomic E-state index is 10.8. The monoisotopic (exact) mass is 254 g/mol. The number of ether oxygens (including phenoxy) is 1. The van der Waals surface area contributed by atoms with Gasteiger partial charge in [0.05, 0.1) is 5.56 Å². The van der Waals surface area contributed by atoms with Crippen LogP contribution in [0.3, 0.4) is 0 Å². The van der Waals surface area contributed by atoms with E-state index in [1.165, 1.54) is 12.1 Å². The van der Waals surface area contributed by atoms with Crippen molar-refractivity contribution in [1.29, 1.82) is 0 Å². The molecule has 2 aromatic carbocycles. The van der Waals surface area contributed by atoms with Crippen LogP contribution in [0.5, 0.6) is 11.5 Å². The highest BCUT2D eigenvalue weighted by atomic mass is 16.5. The summed E-state index contributed by atoms with van der Waals surface area (Å²) in [7, 11) is 0. The average Bonchev–Trinajstić information content (AvgIpc) is 2.45. The third-order valence-electron chi connectivity index (χ3n) is 2.75. The van der Waals surface area contributed by atoms with Crippen LogP contribution >= 0.6 is 0 Å². The summed E-state index contributed by atoms with van der Waals surface area (Å²) in [6, 6.07) is 12.8. The van der Waals surface area contributed by atoms with Crippen molar-refractivity contribution in [3.63, 3.8) is 0 Å². The summed E-state index contributed by atoms with van der Waals surface area (Å²) in [6.45, 7) is 4.01. The molecule has 0 aliphatic heterocycles. The average molecular weight is 254 g/mol. The molecule has 96 valence electrons. The van der Waals surface area contributed by atoms with Crippen molar-refractivity contribution < 1.29 is 14.6 Å². The van der Waals surface area contributed by atoms with Gasteiger partial charge >= 0.3 is 0 Å². The molecule has 19 heavy (non-hydrogen) atoms. The van der Waals surface area contributed by atoms with Crippen LogP contribution in [0.15, 0.2) is 49.0 Å². The second-order valence-electron chi connectivity index (χ2n) is 4.04. The van der Waals surface area contributed by atoms with Gasteiger partial charge in [-0.05, 0) is 17.2 Å². The van der Waals surface area contributed by atoms with Crippen molar-refractivity contribution in [2.75, 3.05) is 0 Å². The summed E-state index contributed by atoms with van der Waals surface area (Å²) >= 11 is 0. The molecule has 1 N–H and O–H groups in total. The maximum atomic E-state index is 10.8. The second-order valence-corrected chi connectivity index (χ2v) is 4.04. The lowest BCUT2D eigenvalue weighted by molar-refractivity contribution is 0.112. The van der Waals surface area contributed by atoms with Crippen LogP contribution < -0.4 is 4.74 Å². The van der Waals surface area contributed by atoms with Gasteiger partial charge in [-0.15, -0.1) is 0 Å². The molecule has 0 aliphatic rings. The molecular weight excluding hydrogens is 240 g/mol. The summed E-state index contributed by atoms with van der Waals surface area (Å²) in [6.07, 6.45) is 2.12. The van der Waals surface area contributed by atoms with Gasteiger partial charge in [0.15, 0.2) is 6.29 Å². The number of rotatable bonds is 5. The lowest BCUT2D eigenvalue weighted by atomic mass is 10.1. The summed E-state index contributed by atoms with van der Waals surface area (Å²) in [5.41, 5.74) is 1.81. The van der Waals surface area contributed by atoms with Crippen molar-refractivity contribution in [3.8, 4) is 11.5 Å². The Balaban J connectivity index is 2.19. The van der Waals surface area contributed by atoms with Gasteiger partial charge in [-0.2, -0.15) is 0 Å². The smallest absolute Gasteiger partial charge is 0.154 e. The summed E-state index contributed by atoms with van der Waals surface area (Å²) in [5, 5.41) is 9.74. The van der Waals surface area contributed by atoms with Crippen molar-refractivity contribution in [3.05, 3.63) is 65.7 Å². The Morgan fingerprint density at radius 3 is 2.58 bits per heavy atom. The van der Waals surface area contributed by atoms with E-state index in [9.17, 15) is 9.90 Å². The topological polar surface area (TPSA) is 46.5 Å². The van der Waals surface area contributed by atoms with Crippen LogP contribution in [0, 0.1) is 0 Å². The number of hydrogen-bond donors (Lipinski definition) is 1. The number of phenolic OH excluding ortho intramolecular Hbond substituents is 1. The van der Waals surface area contributed by atoms with Gasteiger partial charge < -0.3 is 9.84 Å². The molecule has 0 amide bonds. The molecule has 0 atom stereocenters. The highest BCUT2D eigenvalue weighted by Gasteiger charge is 2.08. The molecule has 0 spiro atoms. The summed E-state index contributed by atoms with van der Waals surface area (Å²) in [5.74, 6) is 0.400. The van der Waals surface area contributed by atoms with E-state index in [2.05, 4.69) is 6.58 Å². The zero-order chi connectivity index (χ0) is 13.7. The Kier molecular flexibility index (Phi) is 3.98. The van der Waals surface area contributed by atoms with Crippen LogP contribution in [0.25, 0.3) is 6.08 Å². The quantitative estimate of drug-likeness (QED) is 0.831. The third kappa shape index (κ3) is 3.01. The Labute approximate surface area is 111 Å². The fraction of sp³-hybridized carbons (Fsp3) is 0.0625. The minimum absolute atomic E-state index is 0.101. The van der Waals surface area contributed by atoms with Gasteiger partial charge in [0.2, 0.25) is 0 Å². The fourth-order valence-corrected chi connectivity index (χ4v) is 1.75. The Hall–Kier alpha value is -2.55. The zero-order valence-corrected chi connectivity index (χ0v) is 10.4. The van der Waals surface area contributed by atoms with E-state index < -0.39 is 0 Å². The summed E-state index contributed by atoms with van der Waals surface area (Å²) in [4.78, 5) is 10.8. The molecule has 3 nitrogen and oxygen atoms in total. The molecule has 0 radical (unpaired) electrons. The number of aromatic hydroxyl groups is 1. The van der Waals surface area contributed by atoms with Gasteiger partial charge in [-0.3, -0.25) is 4.79 Å². The molecule has 0 fully saturated rings. The van der Waals surface area contributed by atoms with Gasteiger partial charge in [0, 0.05) is 6.07 Å². The van der Waals surface area contributed by atoms with E-state index in [4.69, 9.17) is 4.74 Å². The molecule has 0 aliphatic carbocycles. The molecule has 0 aromatic heterocycles. The Morgan fingerprint density at radius 2 is 1.95 bits per heavy atom. The number of carbonyl (C=O) groups is 1. The van der Waals surface area contributed by atoms with E-state index in [0.29, 0.717) is 24.2 Å². The van der Waals surface area contributed by atoms with Gasteiger partial charge in [-0.25, -0.2) is 0 Å². The van der Waals surface area contributed by atoms with E-state index in [0.717, 1.165) is 5.56 Å². The SMILES string of the molecule is C=Cc1cc(OCc2ccccc2)cc(O)c1C=O. The van der Waals surface area contributed by atoms with E-state index in [-0.39, 0.29) is 11.3 Å². The Morgan fingerprint density at radius 1 is 1.21 bits per heavy atom. The standard InChI is InChI=1S/C16H14O3/c1-2-13-8-14(9-16(18)15(13)10-17)19-11-12-6-4-3-5-7-12/h2-10,18H,1,11H2. The number of benzene rings is 2. The predicted molar refractivity (Wildman–Crippen MR) is 74.4 cm³/mol. The minimum Gasteiger partial charge on any atom is -0.507 e. The first-order chi connectivity index (χ1) is 9.24. The molecule has 2 rings (SSSR count). The van der Waals surface area contributed by atoms with E-state index in [1.54, 1.807) is 6.07 Å². The third-order valence-corrected chi connectivity index (χ3v) is 2.75. The van der Waals surface area contributed by atoms with Crippen LogP contribution in [0.2, 0.25) is 0 Å². The normalized spacial score (nSPS) is 9.89.